The number of carbonyl (C=O) groups is 2. The third kappa shape index (κ3) is 2.50. The molecule has 124 valence electrons. The largest absolute Gasteiger partial charge is 0.364 e. The number of ether oxygens (including phenoxy) is 1. The van der Waals surface area contributed by atoms with E-state index in [0.717, 1.165) is 5.56 Å². The van der Waals surface area contributed by atoms with Crippen molar-refractivity contribution in [3.63, 3.8) is 0 Å². The number of benzene rings is 1. The Morgan fingerprint density at radius 1 is 1.38 bits per heavy atom. The molecule has 1 aromatic heterocycles. The topological polar surface area (TPSA) is 71.5 Å². The molecule has 24 heavy (non-hydrogen) atoms. The standard InChI is InChI=1S/C17H17N3O3S/c21-15-9-23-14-8-20(16(22)13-10-24-11-18-13)7-6-17(14,19-15)12-4-2-1-3-5-12/h1-5,10-11,14H,6-9H2,(H,19,21)/t14-,17+/m1/s1. The maximum atomic E-state index is 12.6. The minimum atomic E-state index is -0.574. The Kier molecular flexibility index (Phi) is 3.82. The second kappa shape index (κ2) is 5.99. The average molecular weight is 343 g/mol. The predicted octanol–water partition coefficient (Wildman–Crippen LogP) is 1.40. The lowest BCUT2D eigenvalue weighted by Gasteiger charge is -2.50. The summed E-state index contributed by atoms with van der Waals surface area (Å²) in [5.41, 5.74) is 2.56. The van der Waals surface area contributed by atoms with Crippen LogP contribution in [-0.2, 0) is 15.1 Å². The van der Waals surface area contributed by atoms with Gasteiger partial charge < -0.3 is 15.0 Å². The van der Waals surface area contributed by atoms with Gasteiger partial charge in [0.2, 0.25) is 5.91 Å². The van der Waals surface area contributed by atoms with Gasteiger partial charge in [0.15, 0.2) is 0 Å². The van der Waals surface area contributed by atoms with Crippen LogP contribution in [0, 0.1) is 0 Å². The fourth-order valence-corrected chi connectivity index (χ4v) is 4.05. The van der Waals surface area contributed by atoms with Crippen molar-refractivity contribution in [1.29, 1.82) is 0 Å². The lowest BCUT2D eigenvalue weighted by Crippen LogP contribution is -2.67. The summed E-state index contributed by atoms with van der Waals surface area (Å²) in [7, 11) is 0. The zero-order valence-electron chi connectivity index (χ0n) is 13.0. The smallest absolute Gasteiger partial charge is 0.273 e. The van der Waals surface area contributed by atoms with Crippen LogP contribution in [0.4, 0.5) is 0 Å². The van der Waals surface area contributed by atoms with Gasteiger partial charge in [-0.05, 0) is 12.0 Å². The molecule has 1 aromatic carbocycles. The van der Waals surface area contributed by atoms with Crippen LogP contribution < -0.4 is 5.32 Å². The van der Waals surface area contributed by atoms with E-state index in [0.29, 0.717) is 25.2 Å². The van der Waals surface area contributed by atoms with Gasteiger partial charge in [0, 0.05) is 18.5 Å². The summed E-state index contributed by atoms with van der Waals surface area (Å²) >= 11 is 1.40. The molecule has 2 saturated heterocycles. The summed E-state index contributed by atoms with van der Waals surface area (Å²) < 4.78 is 5.83. The van der Waals surface area contributed by atoms with Crippen molar-refractivity contribution in [2.45, 2.75) is 18.1 Å². The van der Waals surface area contributed by atoms with Crippen LogP contribution in [0.3, 0.4) is 0 Å². The molecule has 3 heterocycles. The highest BCUT2D eigenvalue weighted by atomic mass is 32.1. The van der Waals surface area contributed by atoms with E-state index in [1.54, 1.807) is 15.8 Å². The summed E-state index contributed by atoms with van der Waals surface area (Å²) in [4.78, 5) is 30.4. The van der Waals surface area contributed by atoms with Gasteiger partial charge in [0.1, 0.15) is 18.4 Å². The number of aromatic nitrogens is 1. The van der Waals surface area contributed by atoms with E-state index >= 15 is 0 Å². The molecule has 2 aliphatic rings. The molecule has 2 fully saturated rings. The second-order valence-corrected chi connectivity index (χ2v) is 6.78. The number of nitrogens with one attached hydrogen (secondary N) is 1. The van der Waals surface area contributed by atoms with Gasteiger partial charge in [0.05, 0.1) is 11.0 Å². The van der Waals surface area contributed by atoms with Gasteiger partial charge in [-0.25, -0.2) is 4.98 Å². The lowest BCUT2D eigenvalue weighted by molar-refractivity contribution is -0.150. The van der Waals surface area contributed by atoms with Gasteiger partial charge in [-0.1, -0.05) is 30.3 Å². The van der Waals surface area contributed by atoms with E-state index in [1.807, 2.05) is 30.3 Å². The van der Waals surface area contributed by atoms with Crippen LogP contribution in [0.5, 0.6) is 0 Å². The Bertz CT molecular complexity index is 750. The number of piperidine rings is 1. The van der Waals surface area contributed by atoms with Crippen molar-refractivity contribution in [1.82, 2.24) is 15.2 Å². The Balaban J connectivity index is 1.63. The number of hydrogen-bond donors (Lipinski definition) is 1. The lowest BCUT2D eigenvalue weighted by atomic mass is 9.77. The van der Waals surface area contributed by atoms with Crippen molar-refractivity contribution in [3.05, 3.63) is 52.5 Å². The zero-order chi connectivity index (χ0) is 16.6. The quantitative estimate of drug-likeness (QED) is 0.895. The molecule has 2 amide bonds. The molecule has 0 radical (unpaired) electrons. The first-order chi connectivity index (χ1) is 11.7. The van der Waals surface area contributed by atoms with Crippen LogP contribution >= 0.6 is 11.3 Å². The van der Waals surface area contributed by atoms with Crippen LogP contribution in [0.1, 0.15) is 22.5 Å². The molecule has 0 unspecified atom stereocenters. The van der Waals surface area contributed by atoms with Crippen molar-refractivity contribution < 1.29 is 14.3 Å². The number of likely N-dealkylation sites (tertiary alicyclic amines) is 1. The molecule has 6 nitrogen and oxygen atoms in total. The summed E-state index contributed by atoms with van der Waals surface area (Å²) in [5.74, 6) is -0.201. The molecule has 2 aliphatic heterocycles. The summed E-state index contributed by atoms with van der Waals surface area (Å²) in [6, 6.07) is 9.85. The van der Waals surface area contributed by atoms with Crippen LogP contribution in [0.15, 0.2) is 41.2 Å². The Morgan fingerprint density at radius 3 is 2.96 bits per heavy atom. The molecule has 4 rings (SSSR count). The Labute approximate surface area is 143 Å². The molecule has 0 spiro atoms. The van der Waals surface area contributed by atoms with Crippen molar-refractivity contribution >= 4 is 23.2 Å². The minimum absolute atomic E-state index is 0.0258. The normalized spacial score (nSPS) is 26.6. The van der Waals surface area contributed by atoms with Crippen molar-refractivity contribution in [3.8, 4) is 0 Å². The summed E-state index contributed by atoms with van der Waals surface area (Å²) in [6.45, 7) is 1.01. The number of thiazole rings is 1. The number of rotatable bonds is 2. The fourth-order valence-electron chi connectivity index (χ4n) is 3.52. The van der Waals surface area contributed by atoms with Gasteiger partial charge in [-0.2, -0.15) is 0 Å². The molecule has 0 saturated carbocycles. The molecule has 2 aromatic rings. The first-order valence-electron chi connectivity index (χ1n) is 7.85. The minimum Gasteiger partial charge on any atom is -0.364 e. The van der Waals surface area contributed by atoms with Gasteiger partial charge in [-0.3, -0.25) is 9.59 Å². The van der Waals surface area contributed by atoms with Gasteiger partial charge in [-0.15, -0.1) is 11.3 Å². The number of hydrogen-bond acceptors (Lipinski definition) is 5. The van der Waals surface area contributed by atoms with E-state index < -0.39 is 5.54 Å². The molecule has 7 heteroatoms. The summed E-state index contributed by atoms with van der Waals surface area (Å²) in [5, 5.41) is 4.88. The molecule has 0 bridgehead atoms. The third-order valence-corrected chi connectivity index (χ3v) is 5.30. The highest BCUT2D eigenvalue weighted by molar-refractivity contribution is 7.07. The number of fused-ring (bicyclic) bond motifs is 1. The highest BCUT2D eigenvalue weighted by Crippen LogP contribution is 2.37. The van der Waals surface area contributed by atoms with E-state index in [1.165, 1.54) is 11.3 Å². The first kappa shape index (κ1) is 15.3. The number of morpholine rings is 1. The highest BCUT2D eigenvalue weighted by Gasteiger charge is 2.49. The van der Waals surface area contributed by atoms with Crippen molar-refractivity contribution in [2.24, 2.45) is 0 Å². The maximum Gasteiger partial charge on any atom is 0.273 e. The van der Waals surface area contributed by atoms with Gasteiger partial charge >= 0.3 is 0 Å². The maximum absolute atomic E-state index is 12.6. The van der Waals surface area contributed by atoms with E-state index in [2.05, 4.69) is 10.3 Å². The second-order valence-electron chi connectivity index (χ2n) is 6.06. The molecule has 0 aliphatic carbocycles. The van der Waals surface area contributed by atoms with E-state index in [-0.39, 0.29) is 24.5 Å². The van der Waals surface area contributed by atoms with E-state index in [4.69, 9.17) is 4.74 Å². The molecular weight excluding hydrogens is 326 g/mol. The van der Waals surface area contributed by atoms with Crippen LogP contribution in [-0.4, -0.2) is 47.5 Å². The monoisotopic (exact) mass is 343 g/mol. The fraction of sp³-hybridized carbons (Fsp3) is 0.353. The molecule has 1 N–H and O–H groups in total. The SMILES string of the molecule is O=C1CO[C@@H]2CN(C(=O)c3cscn3)CC[C@@]2(c2ccccc2)N1. The Hall–Kier alpha value is -2.25. The van der Waals surface area contributed by atoms with Gasteiger partial charge in [0.25, 0.3) is 5.91 Å². The Morgan fingerprint density at radius 2 is 2.21 bits per heavy atom. The number of amides is 2. The average Bonchev–Trinajstić information content (AvgIpc) is 3.16. The predicted molar refractivity (Wildman–Crippen MR) is 88.6 cm³/mol. The first-order valence-corrected chi connectivity index (χ1v) is 8.79. The summed E-state index contributed by atoms with van der Waals surface area (Å²) in [6.07, 6.45) is 0.345. The number of carbonyl (C=O) groups excluding carboxylic acids is 2. The van der Waals surface area contributed by atoms with Crippen molar-refractivity contribution in [2.75, 3.05) is 19.7 Å². The third-order valence-electron chi connectivity index (χ3n) is 4.72. The number of nitrogens with zero attached hydrogens (tertiary/aromatic N) is 2. The molecule has 2 atom stereocenters. The molecular formula is C17H17N3O3S. The van der Waals surface area contributed by atoms with E-state index in [9.17, 15) is 9.59 Å². The van der Waals surface area contributed by atoms with Crippen LogP contribution in [0.25, 0.3) is 0 Å². The van der Waals surface area contributed by atoms with Crippen LogP contribution in [0.2, 0.25) is 0 Å². The zero-order valence-corrected chi connectivity index (χ0v) is 13.8.